The minimum Gasteiger partial charge on any atom is -0.343 e. The standard InChI is InChI=1S/C16H28N2O2/c1-4-8-13-15(20)18(12(3)14(19)17-13)11-16(5-2)9-6-7-10-16/h12-13H,4-11H2,1-3H3,(H,17,19). The third-order valence-corrected chi connectivity index (χ3v) is 5.24. The van der Waals surface area contributed by atoms with Crippen LogP contribution >= 0.6 is 0 Å². The van der Waals surface area contributed by atoms with E-state index < -0.39 is 0 Å². The average molecular weight is 280 g/mol. The fourth-order valence-corrected chi connectivity index (χ4v) is 3.70. The number of nitrogens with zero attached hydrogens (tertiary/aromatic N) is 1. The molecule has 20 heavy (non-hydrogen) atoms. The number of amides is 2. The topological polar surface area (TPSA) is 49.4 Å². The highest BCUT2D eigenvalue weighted by atomic mass is 16.2. The van der Waals surface area contributed by atoms with E-state index in [2.05, 4.69) is 12.2 Å². The molecule has 2 rings (SSSR count). The molecule has 4 heteroatoms. The van der Waals surface area contributed by atoms with Crippen LogP contribution in [0.2, 0.25) is 0 Å². The van der Waals surface area contributed by atoms with Crippen LogP contribution < -0.4 is 5.32 Å². The van der Waals surface area contributed by atoms with E-state index in [1.165, 1.54) is 25.7 Å². The molecule has 114 valence electrons. The summed E-state index contributed by atoms with van der Waals surface area (Å²) in [7, 11) is 0. The molecule has 1 saturated carbocycles. The van der Waals surface area contributed by atoms with E-state index in [1.807, 2.05) is 18.7 Å². The van der Waals surface area contributed by atoms with Gasteiger partial charge in [0, 0.05) is 6.54 Å². The van der Waals surface area contributed by atoms with Gasteiger partial charge in [0.05, 0.1) is 0 Å². The quantitative estimate of drug-likeness (QED) is 0.841. The molecule has 0 radical (unpaired) electrons. The first-order chi connectivity index (χ1) is 9.53. The van der Waals surface area contributed by atoms with Gasteiger partial charge in [-0.15, -0.1) is 0 Å². The van der Waals surface area contributed by atoms with Gasteiger partial charge in [0.15, 0.2) is 0 Å². The fourth-order valence-electron chi connectivity index (χ4n) is 3.70. The van der Waals surface area contributed by atoms with Gasteiger partial charge in [-0.3, -0.25) is 9.59 Å². The predicted molar refractivity (Wildman–Crippen MR) is 79.2 cm³/mol. The van der Waals surface area contributed by atoms with Crippen LogP contribution in [0.3, 0.4) is 0 Å². The monoisotopic (exact) mass is 280 g/mol. The van der Waals surface area contributed by atoms with E-state index in [4.69, 9.17) is 0 Å². The molecule has 1 saturated heterocycles. The van der Waals surface area contributed by atoms with Crippen molar-refractivity contribution in [1.29, 1.82) is 0 Å². The van der Waals surface area contributed by atoms with Crippen LogP contribution in [0.1, 0.15) is 65.7 Å². The minimum absolute atomic E-state index is 0.00676. The number of carbonyl (C=O) groups is 2. The van der Waals surface area contributed by atoms with Crippen molar-refractivity contribution in [2.45, 2.75) is 77.8 Å². The van der Waals surface area contributed by atoms with Crippen molar-refractivity contribution in [2.24, 2.45) is 5.41 Å². The summed E-state index contributed by atoms with van der Waals surface area (Å²) in [5.74, 6) is 0.131. The van der Waals surface area contributed by atoms with Gasteiger partial charge in [0.1, 0.15) is 12.1 Å². The summed E-state index contributed by atoms with van der Waals surface area (Å²) in [6, 6.07) is -0.626. The Balaban J connectivity index is 2.14. The molecule has 0 bridgehead atoms. The summed E-state index contributed by atoms with van der Waals surface area (Å²) in [5, 5.41) is 2.87. The number of hydrogen-bond donors (Lipinski definition) is 1. The third kappa shape index (κ3) is 2.84. The molecule has 1 N–H and O–H groups in total. The van der Waals surface area contributed by atoms with Crippen LogP contribution in [0.5, 0.6) is 0 Å². The van der Waals surface area contributed by atoms with Crippen molar-refractivity contribution < 1.29 is 9.59 Å². The normalized spacial score (nSPS) is 29.6. The number of piperazine rings is 1. The predicted octanol–water partition coefficient (Wildman–Crippen LogP) is 2.47. The second-order valence-electron chi connectivity index (χ2n) is 6.55. The maximum absolute atomic E-state index is 12.6. The van der Waals surface area contributed by atoms with Gasteiger partial charge >= 0.3 is 0 Å². The Labute approximate surface area is 122 Å². The lowest BCUT2D eigenvalue weighted by molar-refractivity contribution is -0.150. The molecule has 0 aromatic rings. The Morgan fingerprint density at radius 3 is 2.45 bits per heavy atom. The SMILES string of the molecule is CCCC1NC(=O)C(C)N(CC2(CC)CCCC2)C1=O. The summed E-state index contributed by atoms with van der Waals surface area (Å²) < 4.78 is 0. The molecule has 1 aliphatic heterocycles. The molecule has 2 amide bonds. The van der Waals surface area contributed by atoms with E-state index in [0.29, 0.717) is 0 Å². The Morgan fingerprint density at radius 1 is 1.25 bits per heavy atom. The van der Waals surface area contributed by atoms with Gasteiger partial charge in [-0.05, 0) is 38.0 Å². The van der Waals surface area contributed by atoms with E-state index >= 15 is 0 Å². The van der Waals surface area contributed by atoms with Crippen molar-refractivity contribution in [2.75, 3.05) is 6.54 Å². The Morgan fingerprint density at radius 2 is 1.90 bits per heavy atom. The summed E-state index contributed by atoms with van der Waals surface area (Å²) in [5.41, 5.74) is 0.248. The zero-order chi connectivity index (χ0) is 14.8. The van der Waals surface area contributed by atoms with E-state index in [0.717, 1.165) is 25.8 Å². The molecule has 2 unspecified atom stereocenters. The van der Waals surface area contributed by atoms with Crippen LogP contribution in [-0.4, -0.2) is 35.3 Å². The largest absolute Gasteiger partial charge is 0.343 e. The molecular weight excluding hydrogens is 252 g/mol. The van der Waals surface area contributed by atoms with E-state index in [-0.39, 0.29) is 29.3 Å². The van der Waals surface area contributed by atoms with E-state index in [9.17, 15) is 9.59 Å². The second kappa shape index (κ2) is 6.15. The van der Waals surface area contributed by atoms with Gasteiger partial charge < -0.3 is 10.2 Å². The van der Waals surface area contributed by atoms with Crippen LogP contribution in [0.4, 0.5) is 0 Å². The van der Waals surface area contributed by atoms with E-state index in [1.54, 1.807) is 0 Å². The van der Waals surface area contributed by atoms with Crippen molar-refractivity contribution in [3.8, 4) is 0 Å². The molecule has 2 fully saturated rings. The highest BCUT2D eigenvalue weighted by Crippen LogP contribution is 2.42. The van der Waals surface area contributed by atoms with Gasteiger partial charge in [-0.1, -0.05) is 33.1 Å². The first-order valence-electron chi connectivity index (χ1n) is 8.14. The Hall–Kier alpha value is -1.06. The third-order valence-electron chi connectivity index (χ3n) is 5.24. The zero-order valence-electron chi connectivity index (χ0n) is 13.1. The number of carbonyl (C=O) groups excluding carboxylic acids is 2. The first-order valence-corrected chi connectivity index (χ1v) is 8.14. The van der Waals surface area contributed by atoms with Crippen LogP contribution in [0, 0.1) is 5.41 Å². The van der Waals surface area contributed by atoms with Crippen molar-refractivity contribution >= 4 is 11.8 Å². The summed E-state index contributed by atoms with van der Waals surface area (Å²) in [6.45, 7) is 6.88. The molecule has 0 aromatic heterocycles. The van der Waals surface area contributed by atoms with Gasteiger partial charge in [0.2, 0.25) is 11.8 Å². The second-order valence-corrected chi connectivity index (χ2v) is 6.55. The Bertz CT molecular complexity index is 375. The van der Waals surface area contributed by atoms with Crippen molar-refractivity contribution in [3.63, 3.8) is 0 Å². The van der Waals surface area contributed by atoms with Crippen molar-refractivity contribution in [3.05, 3.63) is 0 Å². The summed E-state index contributed by atoms with van der Waals surface area (Å²) >= 11 is 0. The highest BCUT2D eigenvalue weighted by Gasteiger charge is 2.42. The molecule has 0 aromatic carbocycles. The molecular formula is C16H28N2O2. The smallest absolute Gasteiger partial charge is 0.245 e. The molecule has 0 spiro atoms. The summed E-state index contributed by atoms with van der Waals surface area (Å²) in [4.78, 5) is 26.6. The lowest BCUT2D eigenvalue weighted by Crippen LogP contribution is -2.63. The lowest BCUT2D eigenvalue weighted by atomic mass is 9.82. The number of hydrogen-bond acceptors (Lipinski definition) is 2. The van der Waals surface area contributed by atoms with Crippen molar-refractivity contribution in [1.82, 2.24) is 10.2 Å². The van der Waals surface area contributed by atoms with Gasteiger partial charge in [-0.25, -0.2) is 0 Å². The zero-order valence-corrected chi connectivity index (χ0v) is 13.1. The fraction of sp³-hybridized carbons (Fsp3) is 0.875. The summed E-state index contributed by atoms with van der Waals surface area (Å²) in [6.07, 6.45) is 7.66. The Kier molecular flexibility index (Phi) is 4.71. The highest BCUT2D eigenvalue weighted by molar-refractivity contribution is 5.96. The van der Waals surface area contributed by atoms with Crippen LogP contribution in [0.25, 0.3) is 0 Å². The maximum atomic E-state index is 12.6. The lowest BCUT2D eigenvalue weighted by Gasteiger charge is -2.42. The van der Waals surface area contributed by atoms with Gasteiger partial charge in [0.25, 0.3) is 0 Å². The molecule has 1 heterocycles. The minimum atomic E-state index is -0.320. The molecule has 2 aliphatic rings. The van der Waals surface area contributed by atoms with Gasteiger partial charge in [-0.2, -0.15) is 0 Å². The number of rotatable bonds is 5. The van der Waals surface area contributed by atoms with Crippen LogP contribution in [-0.2, 0) is 9.59 Å². The maximum Gasteiger partial charge on any atom is 0.245 e. The van der Waals surface area contributed by atoms with Crippen LogP contribution in [0.15, 0.2) is 0 Å². The first kappa shape index (κ1) is 15.3. The average Bonchev–Trinajstić information content (AvgIpc) is 2.90. The molecule has 4 nitrogen and oxygen atoms in total. The number of nitrogens with one attached hydrogen (secondary N) is 1. The molecule has 1 aliphatic carbocycles. The molecule has 2 atom stereocenters.